The van der Waals surface area contributed by atoms with Gasteiger partial charge in [0, 0.05) is 11.5 Å². The van der Waals surface area contributed by atoms with Crippen LogP contribution in [-0.2, 0) is 0 Å². The predicted octanol–water partition coefficient (Wildman–Crippen LogP) is 4.71. The lowest BCUT2D eigenvalue weighted by atomic mass is 10.2. The quantitative estimate of drug-likeness (QED) is 0.512. The molecule has 1 heterocycles. The summed E-state index contributed by atoms with van der Waals surface area (Å²) in [5.41, 5.74) is -2.43. The Morgan fingerprint density at radius 3 is 1.93 bits per heavy atom. The number of nitrogens with zero attached hydrogens (tertiary/aromatic N) is 2. The molecule has 0 aliphatic heterocycles. The number of hydrogen-bond donors (Lipinski definition) is 0. The molecule has 0 spiro atoms. The standard InChI is InChI=1S/C18H27FN2O4S2/c1-3-5-7-9-11-26-17(24)20-13-14(19)15(22)21(16(20)23)18(25)27-12-10-8-6-4-2/h13H,3-12H2,1-2H3. The summed E-state index contributed by atoms with van der Waals surface area (Å²) >= 11 is 1.67. The molecule has 9 heteroatoms. The number of aromatic nitrogens is 2. The second-order valence-electron chi connectivity index (χ2n) is 6.12. The molecule has 0 saturated carbocycles. The molecule has 1 rings (SSSR count). The van der Waals surface area contributed by atoms with Gasteiger partial charge in [-0.2, -0.15) is 8.96 Å². The van der Waals surface area contributed by atoms with Gasteiger partial charge in [0.1, 0.15) is 0 Å². The summed E-state index contributed by atoms with van der Waals surface area (Å²) in [5, 5.41) is -1.54. The van der Waals surface area contributed by atoms with Gasteiger partial charge in [-0.15, -0.1) is 0 Å². The maximum absolute atomic E-state index is 13.9. The number of carbonyl (C=O) groups is 2. The van der Waals surface area contributed by atoms with E-state index in [4.69, 9.17) is 0 Å². The van der Waals surface area contributed by atoms with E-state index in [2.05, 4.69) is 13.8 Å². The van der Waals surface area contributed by atoms with Crippen molar-refractivity contribution in [2.24, 2.45) is 0 Å². The third-order valence-electron chi connectivity index (χ3n) is 3.87. The van der Waals surface area contributed by atoms with E-state index in [9.17, 15) is 23.6 Å². The van der Waals surface area contributed by atoms with Crippen molar-refractivity contribution in [3.63, 3.8) is 0 Å². The van der Waals surface area contributed by atoms with Gasteiger partial charge < -0.3 is 0 Å². The molecule has 0 aromatic carbocycles. The van der Waals surface area contributed by atoms with Crippen LogP contribution in [0.4, 0.5) is 14.0 Å². The highest BCUT2D eigenvalue weighted by Gasteiger charge is 2.20. The Morgan fingerprint density at radius 2 is 1.41 bits per heavy atom. The van der Waals surface area contributed by atoms with Crippen LogP contribution in [0.3, 0.4) is 0 Å². The molecular formula is C18H27FN2O4S2. The van der Waals surface area contributed by atoms with Gasteiger partial charge in [-0.25, -0.2) is 9.36 Å². The zero-order chi connectivity index (χ0) is 20.2. The van der Waals surface area contributed by atoms with Crippen LogP contribution in [0, 0.1) is 5.82 Å². The SMILES string of the molecule is CCCCCCSC(=O)n1cc(F)c(=O)n(C(=O)SCCCCCC)c1=O. The molecule has 0 atom stereocenters. The fourth-order valence-corrected chi connectivity index (χ4v) is 3.93. The molecule has 1 aromatic rings. The smallest absolute Gasteiger partial charge is 0.265 e. The molecule has 27 heavy (non-hydrogen) atoms. The molecule has 0 radical (unpaired) electrons. The van der Waals surface area contributed by atoms with E-state index in [-0.39, 0.29) is 4.57 Å². The molecule has 152 valence electrons. The van der Waals surface area contributed by atoms with Crippen molar-refractivity contribution in [1.82, 2.24) is 9.13 Å². The van der Waals surface area contributed by atoms with Crippen LogP contribution in [0.1, 0.15) is 65.2 Å². The Kier molecular flexibility index (Phi) is 11.3. The molecule has 6 nitrogen and oxygen atoms in total. The number of rotatable bonds is 10. The van der Waals surface area contributed by atoms with E-state index >= 15 is 0 Å². The van der Waals surface area contributed by atoms with Crippen LogP contribution in [0.25, 0.3) is 0 Å². The molecule has 0 N–H and O–H groups in total. The van der Waals surface area contributed by atoms with Gasteiger partial charge in [-0.05, 0) is 12.8 Å². The van der Waals surface area contributed by atoms with Gasteiger partial charge in [-0.1, -0.05) is 75.9 Å². The van der Waals surface area contributed by atoms with Gasteiger partial charge in [0.25, 0.3) is 16.0 Å². The molecule has 0 bridgehead atoms. The van der Waals surface area contributed by atoms with Crippen molar-refractivity contribution in [3.05, 3.63) is 32.9 Å². The van der Waals surface area contributed by atoms with Crippen molar-refractivity contribution in [1.29, 1.82) is 0 Å². The van der Waals surface area contributed by atoms with E-state index < -0.39 is 27.5 Å². The van der Waals surface area contributed by atoms with E-state index in [0.29, 0.717) is 22.3 Å². The predicted molar refractivity (Wildman–Crippen MR) is 110 cm³/mol. The fourth-order valence-electron chi connectivity index (χ4n) is 2.33. The average molecular weight is 419 g/mol. The zero-order valence-electron chi connectivity index (χ0n) is 15.9. The van der Waals surface area contributed by atoms with Gasteiger partial charge in [0.15, 0.2) is 0 Å². The van der Waals surface area contributed by atoms with Crippen molar-refractivity contribution in [2.45, 2.75) is 65.2 Å². The highest BCUT2D eigenvalue weighted by molar-refractivity contribution is 8.13. The third kappa shape index (κ3) is 7.65. The first-order valence-corrected chi connectivity index (χ1v) is 11.3. The Hall–Kier alpha value is -1.35. The van der Waals surface area contributed by atoms with Crippen molar-refractivity contribution >= 4 is 34.0 Å². The molecule has 0 amide bonds. The summed E-state index contributed by atoms with van der Waals surface area (Å²) in [6.45, 7) is 4.13. The molecule has 0 aliphatic carbocycles. The van der Waals surface area contributed by atoms with Crippen LogP contribution in [0.2, 0.25) is 0 Å². The number of unbranched alkanes of at least 4 members (excludes halogenated alkanes) is 6. The van der Waals surface area contributed by atoms with E-state index in [1.807, 2.05) is 0 Å². The van der Waals surface area contributed by atoms with E-state index in [1.165, 1.54) is 0 Å². The first-order valence-electron chi connectivity index (χ1n) is 9.32. The second-order valence-corrected chi connectivity index (χ2v) is 8.21. The maximum Gasteiger partial charge on any atom is 0.346 e. The number of thioether (sulfide) groups is 2. The Labute approximate surface area is 166 Å². The second kappa shape index (κ2) is 12.9. The maximum atomic E-state index is 13.9. The van der Waals surface area contributed by atoms with Gasteiger partial charge in [0.2, 0.25) is 5.82 Å². The lowest BCUT2D eigenvalue weighted by Crippen LogP contribution is -2.44. The highest BCUT2D eigenvalue weighted by Crippen LogP contribution is 2.12. The topological polar surface area (TPSA) is 78.1 Å². The Bertz CT molecular complexity index is 746. The van der Waals surface area contributed by atoms with Gasteiger partial charge >= 0.3 is 5.69 Å². The van der Waals surface area contributed by atoms with E-state index in [0.717, 1.165) is 74.9 Å². The summed E-state index contributed by atoms with van der Waals surface area (Å²) in [5.74, 6) is -0.373. The van der Waals surface area contributed by atoms with Crippen molar-refractivity contribution in [2.75, 3.05) is 11.5 Å². The van der Waals surface area contributed by atoms with Crippen LogP contribution in [0.15, 0.2) is 15.8 Å². The summed E-state index contributed by atoms with van der Waals surface area (Å²) in [4.78, 5) is 48.7. The van der Waals surface area contributed by atoms with Crippen molar-refractivity contribution in [3.8, 4) is 0 Å². The zero-order valence-corrected chi connectivity index (χ0v) is 17.5. The Balaban J connectivity index is 2.84. The lowest BCUT2D eigenvalue weighted by molar-refractivity contribution is 0.256. The Morgan fingerprint density at radius 1 is 0.889 bits per heavy atom. The minimum absolute atomic E-state index is 0.218. The van der Waals surface area contributed by atoms with Gasteiger partial charge in [-0.3, -0.25) is 14.4 Å². The largest absolute Gasteiger partial charge is 0.346 e. The first-order chi connectivity index (χ1) is 12.9. The minimum Gasteiger partial charge on any atom is -0.265 e. The van der Waals surface area contributed by atoms with E-state index in [1.54, 1.807) is 0 Å². The number of hydrogen-bond acceptors (Lipinski definition) is 6. The molecule has 1 aromatic heterocycles. The highest BCUT2D eigenvalue weighted by atomic mass is 32.2. The lowest BCUT2D eigenvalue weighted by Gasteiger charge is -2.08. The fraction of sp³-hybridized carbons (Fsp3) is 0.667. The monoisotopic (exact) mass is 418 g/mol. The number of carbonyl (C=O) groups excluding carboxylic acids is 2. The van der Waals surface area contributed by atoms with Crippen LogP contribution in [0.5, 0.6) is 0 Å². The molecular weight excluding hydrogens is 391 g/mol. The van der Waals surface area contributed by atoms with Crippen LogP contribution < -0.4 is 11.2 Å². The summed E-state index contributed by atoms with van der Waals surface area (Å²) < 4.78 is 14.6. The van der Waals surface area contributed by atoms with Crippen LogP contribution in [-0.4, -0.2) is 31.1 Å². The van der Waals surface area contributed by atoms with Gasteiger partial charge in [0.05, 0.1) is 6.20 Å². The molecule has 0 unspecified atom stereocenters. The minimum atomic E-state index is -1.32. The van der Waals surface area contributed by atoms with Crippen LogP contribution >= 0.6 is 23.5 Å². The normalized spacial score (nSPS) is 10.9. The molecule has 0 saturated heterocycles. The summed E-state index contributed by atoms with van der Waals surface area (Å²) in [6.07, 6.45) is 8.23. The average Bonchev–Trinajstić information content (AvgIpc) is 2.64. The van der Waals surface area contributed by atoms with Crippen molar-refractivity contribution < 1.29 is 14.0 Å². The third-order valence-corrected chi connectivity index (χ3v) is 5.73. The summed E-state index contributed by atoms with van der Waals surface area (Å²) in [7, 11) is 0. The molecule has 0 aliphatic rings. The number of halogens is 1. The first kappa shape index (κ1) is 23.7. The summed E-state index contributed by atoms with van der Waals surface area (Å²) in [6, 6.07) is 0. The molecule has 0 fully saturated rings.